The number of nitrogens with one attached hydrogen (secondary N) is 1. The van der Waals surface area contributed by atoms with Crippen LogP contribution in [0.15, 0.2) is 23.3 Å². The summed E-state index contributed by atoms with van der Waals surface area (Å²) in [5.41, 5.74) is 11.9. The van der Waals surface area contributed by atoms with Crippen LogP contribution in [0.3, 0.4) is 0 Å². The normalized spacial score (nSPS) is 36.6. The number of nitrogens with two attached hydrogens (primary N) is 2. The zero-order valence-corrected chi connectivity index (χ0v) is 25.4. The Morgan fingerprint density at radius 1 is 1.07 bits per heavy atom. The fraction of sp³-hybridized carbons (Fsp3) is 0.500. The van der Waals surface area contributed by atoms with Crippen LogP contribution in [0, 0.1) is 0 Å². The van der Waals surface area contributed by atoms with Crippen LogP contribution in [-0.4, -0.2) is 93.1 Å². The van der Waals surface area contributed by atoms with E-state index in [4.69, 9.17) is 62.6 Å². The SMILES string of the molecule is Nc1nc2c(nnn2[C@@H]2O[C@@H]3COP(O)(=S)O[C@H]4C[C@H](c5cnc6c(N)ccnn56)O[C@@H]4COP(O)(=S)O[C@@H]2[C@@H]3F)c(=O)[nH]1. The van der Waals surface area contributed by atoms with E-state index in [0.717, 1.165) is 4.68 Å². The number of rotatable bonds is 2. The van der Waals surface area contributed by atoms with Gasteiger partial charge in [-0.3, -0.25) is 14.3 Å². The number of hydrogen-bond acceptors (Lipinski definition) is 16. The number of alkyl halides is 1. The number of hydrogen-bond donors (Lipinski definition) is 5. The molecule has 0 radical (unpaired) electrons. The topological polar surface area (TPSA) is 255 Å². The van der Waals surface area contributed by atoms with E-state index in [9.17, 15) is 14.6 Å². The molecule has 2 unspecified atom stereocenters. The Hall–Kier alpha value is -2.59. The second-order valence-corrected chi connectivity index (χ2v) is 15.6. The lowest BCUT2D eigenvalue weighted by atomic mass is 10.1. The van der Waals surface area contributed by atoms with Crippen molar-refractivity contribution in [3.8, 4) is 0 Å². The first-order valence-electron chi connectivity index (χ1n) is 12.8. The van der Waals surface area contributed by atoms with Crippen molar-refractivity contribution in [3.63, 3.8) is 0 Å². The number of imidazole rings is 1. The van der Waals surface area contributed by atoms with Crippen molar-refractivity contribution >= 4 is 65.5 Å². The van der Waals surface area contributed by atoms with Crippen molar-refractivity contribution in [2.24, 2.45) is 0 Å². The molecular weight excluding hydrogens is 669 g/mol. The first kappa shape index (κ1) is 30.1. The first-order valence-corrected chi connectivity index (χ1v) is 18.0. The lowest BCUT2D eigenvalue weighted by molar-refractivity contribution is -0.0607. The molecule has 3 aliphatic heterocycles. The summed E-state index contributed by atoms with van der Waals surface area (Å²) in [7, 11) is 0. The number of ether oxygens (including phenoxy) is 2. The van der Waals surface area contributed by atoms with Crippen molar-refractivity contribution in [2.45, 2.75) is 49.3 Å². The van der Waals surface area contributed by atoms with E-state index in [0.29, 0.717) is 17.0 Å². The van der Waals surface area contributed by atoms with Crippen molar-refractivity contribution in [3.05, 3.63) is 34.5 Å². The summed E-state index contributed by atoms with van der Waals surface area (Å²) in [6, 6.07) is 1.60. The van der Waals surface area contributed by atoms with Crippen LogP contribution >= 0.6 is 13.4 Å². The van der Waals surface area contributed by atoms with Crippen LogP contribution in [-0.2, 0) is 51.2 Å². The Morgan fingerprint density at radius 2 is 1.82 bits per heavy atom. The quantitative estimate of drug-likeness (QED) is 0.170. The van der Waals surface area contributed by atoms with E-state index in [1.165, 1.54) is 16.9 Å². The molecule has 0 saturated carbocycles. The highest BCUT2D eigenvalue weighted by Crippen LogP contribution is 2.54. The van der Waals surface area contributed by atoms with Gasteiger partial charge in [0.05, 0.1) is 43.1 Å². The van der Waals surface area contributed by atoms with Gasteiger partial charge in [-0.25, -0.2) is 13.9 Å². The molecular formula is C20H23FN10O9P2S2. The van der Waals surface area contributed by atoms with Crippen LogP contribution in [0.2, 0.25) is 0 Å². The first-order chi connectivity index (χ1) is 20.9. The number of aromatic amines is 1. The molecule has 7 heterocycles. The Morgan fingerprint density at radius 3 is 2.61 bits per heavy atom. The maximum atomic E-state index is 15.8. The lowest BCUT2D eigenvalue weighted by Gasteiger charge is -2.27. The van der Waals surface area contributed by atoms with Gasteiger partial charge in [0, 0.05) is 6.42 Å². The number of H-pyrrole nitrogens is 1. The maximum absolute atomic E-state index is 15.8. The minimum Gasteiger partial charge on any atom is -0.396 e. The Balaban J connectivity index is 1.19. The molecule has 24 heteroatoms. The number of aromatic nitrogens is 8. The van der Waals surface area contributed by atoms with Crippen molar-refractivity contribution in [1.82, 2.24) is 39.6 Å². The fourth-order valence-corrected chi connectivity index (χ4v) is 8.08. The molecule has 4 aromatic rings. The number of nitrogen functional groups attached to an aromatic ring is 2. The molecule has 7 N–H and O–H groups in total. The van der Waals surface area contributed by atoms with E-state index in [2.05, 4.69) is 30.4 Å². The minimum atomic E-state index is -4.22. The summed E-state index contributed by atoms with van der Waals surface area (Å²) in [4.78, 5) is 44.8. The highest BCUT2D eigenvalue weighted by Gasteiger charge is 2.52. The smallest absolute Gasteiger partial charge is 0.325 e. The van der Waals surface area contributed by atoms with E-state index in [1.54, 1.807) is 6.07 Å². The highest BCUT2D eigenvalue weighted by atomic mass is 32.5. The van der Waals surface area contributed by atoms with Gasteiger partial charge >= 0.3 is 13.4 Å². The third-order valence-corrected chi connectivity index (χ3v) is 10.3. The Labute approximate surface area is 255 Å². The molecule has 0 amide bonds. The van der Waals surface area contributed by atoms with Gasteiger partial charge in [0.2, 0.25) is 5.95 Å². The number of fused-ring (bicyclic) bond motifs is 5. The average Bonchev–Trinajstić information content (AvgIpc) is 3.72. The minimum absolute atomic E-state index is 0.140. The van der Waals surface area contributed by atoms with E-state index < -0.39 is 75.1 Å². The van der Waals surface area contributed by atoms with Crippen LogP contribution in [0.4, 0.5) is 16.0 Å². The van der Waals surface area contributed by atoms with Crippen LogP contribution in [0.25, 0.3) is 16.8 Å². The highest BCUT2D eigenvalue weighted by molar-refractivity contribution is 8.07. The second-order valence-electron chi connectivity index (χ2n) is 10.0. The van der Waals surface area contributed by atoms with Gasteiger partial charge in [0.25, 0.3) is 5.56 Å². The lowest BCUT2D eigenvalue weighted by Crippen LogP contribution is -2.32. The summed E-state index contributed by atoms with van der Waals surface area (Å²) < 4.78 is 52.7. The molecule has 44 heavy (non-hydrogen) atoms. The number of anilines is 2. The fourth-order valence-electron chi connectivity index (χ4n) is 5.20. The summed E-state index contributed by atoms with van der Waals surface area (Å²) in [6.07, 6.45) is -5.97. The van der Waals surface area contributed by atoms with E-state index in [1.807, 2.05) is 0 Å². The van der Waals surface area contributed by atoms with Gasteiger partial charge in [-0.05, 0) is 29.7 Å². The molecule has 19 nitrogen and oxygen atoms in total. The molecule has 2 bridgehead atoms. The molecule has 0 aliphatic carbocycles. The molecule has 7 rings (SSSR count). The van der Waals surface area contributed by atoms with Gasteiger partial charge in [0.1, 0.15) is 24.4 Å². The van der Waals surface area contributed by atoms with Crippen molar-refractivity contribution in [1.29, 1.82) is 0 Å². The van der Waals surface area contributed by atoms with Gasteiger partial charge < -0.3 is 44.3 Å². The van der Waals surface area contributed by atoms with Crippen molar-refractivity contribution in [2.75, 3.05) is 24.7 Å². The zero-order chi connectivity index (χ0) is 31.0. The summed E-state index contributed by atoms with van der Waals surface area (Å²) >= 11 is 10.5. The molecule has 236 valence electrons. The molecule has 9 atom stereocenters. The molecule has 0 spiro atoms. The number of halogens is 1. The summed E-state index contributed by atoms with van der Waals surface area (Å²) in [5.74, 6) is -0.262. The maximum Gasteiger partial charge on any atom is 0.325 e. The van der Waals surface area contributed by atoms with Crippen LogP contribution in [0.5, 0.6) is 0 Å². The molecule has 3 saturated heterocycles. The standard InChI is InChI=1S/C20H23FN10O9P2S2/c21-13-12-6-36-41(33,43)39-10-3-9(8-4-24-16-7(22)1-2-25-30(8)16)37-11(10)5-35-42(34,44)40-15(13)19(38-12)31-17-14(28-29-31)18(32)27-20(23)26-17/h1-2,4,9-13,15,19H,3,5-6,22H2,(H,33,43)(H,34,44)(H3,23,26,27,32)/t9-,10+,11-,12-,13-,15-,19-,41?,42?/m1/s1. The van der Waals surface area contributed by atoms with E-state index in [-0.39, 0.29) is 23.5 Å². The number of nitrogens with zero attached hydrogens (tertiary/aromatic N) is 7. The second kappa shape index (κ2) is 11.0. The van der Waals surface area contributed by atoms with Crippen LogP contribution in [0.1, 0.15) is 24.4 Å². The molecule has 4 aromatic heterocycles. The van der Waals surface area contributed by atoms with Gasteiger partial charge in [0.15, 0.2) is 29.2 Å². The molecule has 0 aromatic carbocycles. The molecule has 3 fully saturated rings. The largest absolute Gasteiger partial charge is 0.396 e. The summed E-state index contributed by atoms with van der Waals surface area (Å²) in [5, 5.41) is 11.9. The van der Waals surface area contributed by atoms with Crippen molar-refractivity contribution < 1.29 is 41.7 Å². The predicted molar refractivity (Wildman–Crippen MR) is 153 cm³/mol. The third kappa shape index (κ3) is 5.44. The van der Waals surface area contributed by atoms with Gasteiger partial charge in [-0.2, -0.15) is 14.8 Å². The Kier molecular flexibility index (Phi) is 7.55. The zero-order valence-electron chi connectivity index (χ0n) is 22.0. The van der Waals surface area contributed by atoms with E-state index >= 15 is 4.39 Å². The molecule has 3 aliphatic rings. The average molecular weight is 693 g/mol. The predicted octanol–water partition coefficient (Wildman–Crippen LogP) is -0.262. The Bertz CT molecular complexity index is 1910. The van der Waals surface area contributed by atoms with Crippen LogP contribution < -0.4 is 17.0 Å². The summed E-state index contributed by atoms with van der Waals surface area (Å²) in [6.45, 7) is -9.27. The van der Waals surface area contributed by atoms with Gasteiger partial charge in [-0.15, -0.1) is 5.10 Å². The van der Waals surface area contributed by atoms with Gasteiger partial charge in [-0.1, -0.05) is 5.21 Å². The third-order valence-electron chi connectivity index (χ3n) is 7.17. The monoisotopic (exact) mass is 692 g/mol.